The van der Waals surface area contributed by atoms with Crippen molar-refractivity contribution in [1.82, 2.24) is 4.98 Å². The minimum absolute atomic E-state index is 0.0843. The standard InChI is InChI=1S/C13H9NO4/c15-11-3-1-2-9-8(11)6-10(14-9)12-7(13(16)17)4-5-18-12/h1-6,14-15H,(H,16,17). The van der Waals surface area contributed by atoms with Gasteiger partial charge in [-0.25, -0.2) is 4.79 Å². The van der Waals surface area contributed by atoms with Crippen LogP contribution in [0.5, 0.6) is 5.75 Å². The van der Waals surface area contributed by atoms with Crippen LogP contribution in [0.1, 0.15) is 10.4 Å². The van der Waals surface area contributed by atoms with Crippen molar-refractivity contribution >= 4 is 16.9 Å². The summed E-state index contributed by atoms with van der Waals surface area (Å²) in [6.45, 7) is 0. The number of H-pyrrole nitrogens is 1. The number of aromatic hydroxyl groups is 1. The average Bonchev–Trinajstić information content (AvgIpc) is 2.95. The van der Waals surface area contributed by atoms with Gasteiger partial charge < -0.3 is 19.6 Å². The van der Waals surface area contributed by atoms with Crippen molar-refractivity contribution in [2.45, 2.75) is 0 Å². The number of hydrogen-bond donors (Lipinski definition) is 3. The number of fused-ring (bicyclic) bond motifs is 1. The molecular weight excluding hydrogens is 234 g/mol. The Morgan fingerprint density at radius 3 is 2.83 bits per heavy atom. The largest absolute Gasteiger partial charge is 0.507 e. The molecule has 0 radical (unpaired) electrons. The van der Waals surface area contributed by atoms with Gasteiger partial charge in [0, 0.05) is 10.9 Å². The fourth-order valence-corrected chi connectivity index (χ4v) is 1.95. The second-order valence-corrected chi connectivity index (χ2v) is 3.89. The van der Waals surface area contributed by atoms with Crippen LogP contribution < -0.4 is 0 Å². The topological polar surface area (TPSA) is 86.5 Å². The number of furan rings is 1. The predicted molar refractivity (Wildman–Crippen MR) is 64.6 cm³/mol. The Kier molecular flexibility index (Phi) is 2.13. The Bertz CT molecular complexity index is 738. The fraction of sp³-hybridized carbons (Fsp3) is 0. The number of benzene rings is 1. The lowest BCUT2D eigenvalue weighted by Gasteiger charge is -1.94. The molecule has 0 aliphatic rings. The SMILES string of the molecule is O=C(O)c1ccoc1-c1cc2c(O)cccc2[nH]1. The maximum absolute atomic E-state index is 11.0. The lowest BCUT2D eigenvalue weighted by molar-refractivity contribution is 0.0697. The van der Waals surface area contributed by atoms with E-state index in [0.717, 1.165) is 5.52 Å². The average molecular weight is 243 g/mol. The summed E-state index contributed by atoms with van der Waals surface area (Å²) in [7, 11) is 0. The van der Waals surface area contributed by atoms with Gasteiger partial charge in [0.2, 0.25) is 0 Å². The van der Waals surface area contributed by atoms with E-state index in [1.807, 2.05) is 0 Å². The number of nitrogens with one attached hydrogen (secondary N) is 1. The van der Waals surface area contributed by atoms with Gasteiger partial charge in [-0.1, -0.05) is 6.07 Å². The van der Waals surface area contributed by atoms with E-state index in [2.05, 4.69) is 4.98 Å². The number of phenols is 1. The van der Waals surface area contributed by atoms with Crippen LogP contribution in [-0.4, -0.2) is 21.2 Å². The molecule has 1 aromatic carbocycles. The van der Waals surface area contributed by atoms with E-state index in [4.69, 9.17) is 9.52 Å². The first-order valence-electron chi connectivity index (χ1n) is 5.28. The van der Waals surface area contributed by atoms with Crippen molar-refractivity contribution in [3.8, 4) is 17.2 Å². The van der Waals surface area contributed by atoms with Crippen LogP contribution in [0.2, 0.25) is 0 Å². The monoisotopic (exact) mass is 243 g/mol. The third-order valence-electron chi connectivity index (χ3n) is 2.78. The summed E-state index contributed by atoms with van der Waals surface area (Å²) in [6, 6.07) is 8.12. The zero-order valence-electron chi connectivity index (χ0n) is 9.18. The first-order chi connectivity index (χ1) is 8.66. The van der Waals surface area contributed by atoms with Crippen molar-refractivity contribution < 1.29 is 19.4 Å². The molecule has 0 amide bonds. The predicted octanol–water partition coefficient (Wildman–Crippen LogP) is 2.83. The fourth-order valence-electron chi connectivity index (χ4n) is 1.95. The number of phenolic OH excluding ortho intramolecular Hbond substituents is 1. The molecule has 5 heteroatoms. The molecule has 0 atom stereocenters. The maximum Gasteiger partial charge on any atom is 0.339 e. The highest BCUT2D eigenvalue weighted by Gasteiger charge is 2.17. The summed E-state index contributed by atoms with van der Waals surface area (Å²) >= 11 is 0. The van der Waals surface area contributed by atoms with Crippen LogP contribution in [0.15, 0.2) is 41.0 Å². The van der Waals surface area contributed by atoms with E-state index in [-0.39, 0.29) is 17.1 Å². The minimum atomic E-state index is -1.05. The molecule has 90 valence electrons. The third kappa shape index (κ3) is 1.45. The zero-order chi connectivity index (χ0) is 12.7. The van der Waals surface area contributed by atoms with E-state index < -0.39 is 5.97 Å². The molecule has 3 aromatic rings. The second-order valence-electron chi connectivity index (χ2n) is 3.89. The first-order valence-corrected chi connectivity index (χ1v) is 5.28. The van der Waals surface area contributed by atoms with Crippen molar-refractivity contribution in [2.75, 3.05) is 0 Å². The highest BCUT2D eigenvalue weighted by atomic mass is 16.4. The highest BCUT2D eigenvalue weighted by Crippen LogP contribution is 2.31. The van der Waals surface area contributed by atoms with Crippen LogP contribution in [-0.2, 0) is 0 Å². The summed E-state index contributed by atoms with van der Waals surface area (Å²) in [4.78, 5) is 14.0. The maximum atomic E-state index is 11.0. The molecule has 3 rings (SSSR count). The molecule has 18 heavy (non-hydrogen) atoms. The van der Waals surface area contributed by atoms with Gasteiger partial charge in [-0.05, 0) is 24.3 Å². The summed E-state index contributed by atoms with van der Waals surface area (Å²) in [5.74, 6) is -0.668. The molecule has 2 heterocycles. The van der Waals surface area contributed by atoms with Gasteiger partial charge in [0.1, 0.15) is 11.3 Å². The van der Waals surface area contributed by atoms with Crippen molar-refractivity contribution in [2.24, 2.45) is 0 Å². The van der Waals surface area contributed by atoms with Gasteiger partial charge in [-0.2, -0.15) is 0 Å². The molecular formula is C13H9NO4. The number of aromatic carboxylic acids is 1. The van der Waals surface area contributed by atoms with Crippen molar-refractivity contribution in [3.05, 3.63) is 42.2 Å². The van der Waals surface area contributed by atoms with Gasteiger partial charge >= 0.3 is 5.97 Å². The lowest BCUT2D eigenvalue weighted by atomic mass is 10.2. The molecule has 0 saturated carbocycles. The van der Waals surface area contributed by atoms with Crippen LogP contribution in [0, 0.1) is 0 Å². The summed E-state index contributed by atoms with van der Waals surface area (Å²) in [5, 5.41) is 19.3. The lowest BCUT2D eigenvalue weighted by Crippen LogP contribution is -1.95. The Hall–Kier alpha value is -2.69. The second kappa shape index (κ2) is 3.66. The number of carbonyl (C=O) groups is 1. The van der Waals surface area contributed by atoms with Crippen molar-refractivity contribution in [1.29, 1.82) is 0 Å². The van der Waals surface area contributed by atoms with Crippen LogP contribution in [0.3, 0.4) is 0 Å². The Balaban J connectivity index is 2.23. The number of carboxylic acids is 1. The Morgan fingerprint density at radius 1 is 1.28 bits per heavy atom. The third-order valence-corrected chi connectivity index (χ3v) is 2.78. The summed E-state index contributed by atoms with van der Waals surface area (Å²) < 4.78 is 5.19. The van der Waals surface area contributed by atoms with E-state index >= 15 is 0 Å². The minimum Gasteiger partial charge on any atom is -0.507 e. The van der Waals surface area contributed by atoms with E-state index in [0.29, 0.717) is 11.1 Å². The zero-order valence-corrected chi connectivity index (χ0v) is 9.18. The van der Waals surface area contributed by atoms with Crippen molar-refractivity contribution in [3.63, 3.8) is 0 Å². The van der Waals surface area contributed by atoms with Crippen LogP contribution in [0.4, 0.5) is 0 Å². The molecule has 2 aromatic heterocycles. The van der Waals surface area contributed by atoms with Gasteiger partial charge in [-0.15, -0.1) is 0 Å². The molecule has 0 aliphatic carbocycles. The number of aromatic nitrogens is 1. The summed E-state index contributed by atoms with van der Waals surface area (Å²) in [5.41, 5.74) is 1.33. The molecule has 0 spiro atoms. The number of carboxylic acid groups (broad SMARTS) is 1. The quantitative estimate of drug-likeness (QED) is 0.645. The molecule has 3 N–H and O–H groups in total. The molecule has 0 fully saturated rings. The molecule has 0 saturated heterocycles. The number of rotatable bonds is 2. The van der Waals surface area contributed by atoms with Crippen LogP contribution in [0.25, 0.3) is 22.4 Å². The highest BCUT2D eigenvalue weighted by molar-refractivity contribution is 5.96. The molecule has 0 aliphatic heterocycles. The van der Waals surface area contributed by atoms with Gasteiger partial charge in [0.05, 0.1) is 12.0 Å². The Morgan fingerprint density at radius 2 is 2.11 bits per heavy atom. The smallest absolute Gasteiger partial charge is 0.339 e. The van der Waals surface area contributed by atoms with E-state index in [9.17, 15) is 9.90 Å². The van der Waals surface area contributed by atoms with Gasteiger partial charge in [-0.3, -0.25) is 0 Å². The van der Waals surface area contributed by atoms with Gasteiger partial charge in [0.25, 0.3) is 0 Å². The van der Waals surface area contributed by atoms with E-state index in [1.54, 1.807) is 24.3 Å². The normalized spacial score (nSPS) is 10.9. The molecule has 0 unspecified atom stereocenters. The summed E-state index contributed by atoms with van der Waals surface area (Å²) in [6.07, 6.45) is 1.32. The van der Waals surface area contributed by atoms with Crippen LogP contribution >= 0.6 is 0 Å². The van der Waals surface area contributed by atoms with Gasteiger partial charge in [0.15, 0.2) is 5.76 Å². The van der Waals surface area contributed by atoms with E-state index in [1.165, 1.54) is 12.3 Å². The number of hydrogen-bond acceptors (Lipinski definition) is 3. The Labute approximate surface area is 101 Å². The first kappa shape index (κ1) is 10.5. The molecule has 5 nitrogen and oxygen atoms in total. The molecule has 0 bridgehead atoms. The number of aromatic amines is 1.